The minimum Gasteiger partial charge on any atom is -0.463 e. The number of carbonyl (C=O) groups excluding carboxylic acids is 2. The molecular formula is C24H22N6O3S. The molecule has 34 heavy (non-hydrogen) atoms. The van der Waals surface area contributed by atoms with Gasteiger partial charge < -0.3 is 15.8 Å². The van der Waals surface area contributed by atoms with Crippen molar-refractivity contribution in [3.63, 3.8) is 0 Å². The van der Waals surface area contributed by atoms with Gasteiger partial charge >= 0.3 is 5.97 Å². The average molecular weight is 475 g/mol. The van der Waals surface area contributed by atoms with Gasteiger partial charge in [-0.1, -0.05) is 30.0 Å². The van der Waals surface area contributed by atoms with Gasteiger partial charge in [0.1, 0.15) is 17.5 Å². The molecule has 0 bridgehead atoms. The normalized spacial score (nSPS) is 10.6. The van der Waals surface area contributed by atoms with Crippen LogP contribution >= 0.6 is 11.8 Å². The number of hydrogen-bond acceptors (Lipinski definition) is 9. The fourth-order valence-electron chi connectivity index (χ4n) is 2.91. The zero-order chi connectivity index (χ0) is 24.5. The van der Waals surface area contributed by atoms with Crippen molar-refractivity contribution in [1.29, 1.82) is 5.26 Å². The summed E-state index contributed by atoms with van der Waals surface area (Å²) in [5, 5.41) is 12.7. The Kier molecular flexibility index (Phi) is 8.32. The van der Waals surface area contributed by atoms with Crippen LogP contribution in [0.5, 0.6) is 0 Å². The first kappa shape index (κ1) is 24.4. The summed E-state index contributed by atoms with van der Waals surface area (Å²) in [7, 11) is 0. The van der Waals surface area contributed by atoms with Crippen molar-refractivity contribution in [3.05, 3.63) is 65.5 Å². The van der Waals surface area contributed by atoms with Gasteiger partial charge in [0.25, 0.3) is 0 Å². The van der Waals surface area contributed by atoms with Gasteiger partial charge in [-0.05, 0) is 37.3 Å². The second-order valence-corrected chi connectivity index (χ2v) is 7.86. The van der Waals surface area contributed by atoms with Gasteiger partial charge in [0.2, 0.25) is 5.91 Å². The van der Waals surface area contributed by atoms with Crippen LogP contribution < -0.4 is 11.1 Å². The van der Waals surface area contributed by atoms with Crippen LogP contribution in [-0.4, -0.2) is 33.4 Å². The van der Waals surface area contributed by atoms with Crippen LogP contribution in [0.4, 0.5) is 11.5 Å². The summed E-state index contributed by atoms with van der Waals surface area (Å²) >= 11 is 1.32. The van der Waals surface area contributed by atoms with Crippen molar-refractivity contribution in [2.24, 2.45) is 0 Å². The maximum atomic E-state index is 11.5. The molecule has 10 heteroatoms. The van der Waals surface area contributed by atoms with Crippen LogP contribution in [0.25, 0.3) is 17.3 Å². The minimum atomic E-state index is -0.428. The highest BCUT2D eigenvalue weighted by atomic mass is 32.2. The SMILES string of the molecule is CCOC(=O)C=Cc1cccc(CSc2nc(N)c(C#N)c(-c3ccc(NC(C)=O)cc3)n2)n1. The number of nitriles is 1. The minimum absolute atomic E-state index is 0.0833. The zero-order valence-corrected chi connectivity index (χ0v) is 19.4. The van der Waals surface area contributed by atoms with E-state index in [0.29, 0.717) is 40.2 Å². The van der Waals surface area contributed by atoms with Crippen LogP contribution in [0.3, 0.4) is 0 Å². The highest BCUT2D eigenvalue weighted by Crippen LogP contribution is 2.29. The number of thioether (sulfide) groups is 1. The van der Waals surface area contributed by atoms with Crippen LogP contribution in [0, 0.1) is 11.3 Å². The third-order valence-corrected chi connectivity index (χ3v) is 5.24. The summed E-state index contributed by atoms with van der Waals surface area (Å²) in [4.78, 5) is 36.0. The molecule has 0 fully saturated rings. The Morgan fingerprint density at radius 2 is 1.94 bits per heavy atom. The van der Waals surface area contributed by atoms with E-state index in [0.717, 1.165) is 5.69 Å². The molecule has 2 heterocycles. The van der Waals surface area contributed by atoms with E-state index < -0.39 is 5.97 Å². The number of pyridine rings is 1. The number of aromatic nitrogens is 3. The third-order valence-electron chi connectivity index (χ3n) is 4.36. The molecule has 0 saturated heterocycles. The number of nitrogen functional groups attached to an aromatic ring is 1. The van der Waals surface area contributed by atoms with Gasteiger partial charge in [0.05, 0.1) is 23.7 Å². The number of nitrogens with one attached hydrogen (secondary N) is 1. The first-order chi connectivity index (χ1) is 16.4. The summed E-state index contributed by atoms with van der Waals surface area (Å²) in [6.45, 7) is 3.48. The Labute approximate surface area is 201 Å². The first-order valence-electron chi connectivity index (χ1n) is 10.3. The molecule has 0 aliphatic heterocycles. The quantitative estimate of drug-likeness (QED) is 0.215. The first-order valence-corrected chi connectivity index (χ1v) is 11.3. The molecule has 3 rings (SSSR count). The predicted molar refractivity (Wildman–Crippen MR) is 130 cm³/mol. The number of nitrogens with zero attached hydrogens (tertiary/aromatic N) is 4. The lowest BCUT2D eigenvalue weighted by atomic mass is 10.1. The van der Waals surface area contributed by atoms with Crippen molar-refractivity contribution in [2.75, 3.05) is 17.7 Å². The van der Waals surface area contributed by atoms with Crippen molar-refractivity contribution in [2.45, 2.75) is 24.8 Å². The highest BCUT2D eigenvalue weighted by Gasteiger charge is 2.15. The lowest BCUT2D eigenvalue weighted by Crippen LogP contribution is -2.05. The Hall–Kier alpha value is -4.23. The monoisotopic (exact) mass is 474 g/mol. The third kappa shape index (κ3) is 6.63. The van der Waals surface area contributed by atoms with Gasteiger partial charge in [-0.15, -0.1) is 0 Å². The summed E-state index contributed by atoms with van der Waals surface area (Å²) in [6, 6.07) is 14.5. The van der Waals surface area contributed by atoms with Crippen LogP contribution in [0.1, 0.15) is 30.8 Å². The number of carbonyl (C=O) groups is 2. The number of hydrogen-bond donors (Lipinski definition) is 2. The maximum Gasteiger partial charge on any atom is 0.330 e. The van der Waals surface area contributed by atoms with Crippen LogP contribution in [-0.2, 0) is 20.1 Å². The largest absolute Gasteiger partial charge is 0.463 e. The molecule has 172 valence electrons. The molecule has 0 aliphatic rings. The predicted octanol–water partition coefficient (Wildman–Crippen LogP) is 3.82. The van der Waals surface area contributed by atoms with E-state index >= 15 is 0 Å². The molecule has 1 amide bonds. The Morgan fingerprint density at radius 3 is 2.62 bits per heavy atom. The number of amides is 1. The molecule has 9 nitrogen and oxygen atoms in total. The zero-order valence-electron chi connectivity index (χ0n) is 18.6. The Balaban J connectivity index is 1.79. The molecular weight excluding hydrogens is 452 g/mol. The standard InChI is InChI=1S/C24H22N6O3S/c1-3-33-21(32)12-11-17-5-4-6-19(28-17)14-34-24-29-22(20(13-25)23(26)30-24)16-7-9-18(10-8-16)27-15(2)31/h4-12H,3,14H2,1-2H3,(H,27,31)(H2,26,29,30). The van der Waals surface area contributed by atoms with Gasteiger partial charge in [0.15, 0.2) is 5.16 Å². The molecule has 0 unspecified atom stereocenters. The molecule has 1 aromatic carbocycles. The van der Waals surface area contributed by atoms with E-state index in [1.54, 1.807) is 43.3 Å². The van der Waals surface area contributed by atoms with E-state index in [4.69, 9.17) is 10.5 Å². The number of rotatable bonds is 8. The molecule has 2 aromatic heterocycles. The Morgan fingerprint density at radius 1 is 1.18 bits per heavy atom. The average Bonchev–Trinajstić information content (AvgIpc) is 2.82. The topological polar surface area (TPSA) is 144 Å². The lowest BCUT2D eigenvalue weighted by Gasteiger charge is -2.10. The summed E-state index contributed by atoms with van der Waals surface area (Å²) in [6.07, 6.45) is 2.92. The van der Waals surface area contributed by atoms with E-state index in [1.807, 2.05) is 12.1 Å². The summed E-state index contributed by atoms with van der Waals surface area (Å²) < 4.78 is 4.87. The van der Waals surface area contributed by atoms with Crippen molar-refractivity contribution < 1.29 is 14.3 Å². The molecule has 0 atom stereocenters. The summed E-state index contributed by atoms with van der Waals surface area (Å²) in [5.41, 5.74) is 9.30. The fourth-order valence-corrected chi connectivity index (χ4v) is 3.67. The molecule has 3 aromatic rings. The van der Waals surface area contributed by atoms with Gasteiger partial charge in [-0.2, -0.15) is 5.26 Å². The van der Waals surface area contributed by atoms with E-state index in [-0.39, 0.29) is 17.3 Å². The smallest absolute Gasteiger partial charge is 0.330 e. The molecule has 0 saturated carbocycles. The second kappa shape index (κ2) is 11.6. The van der Waals surface area contributed by atoms with E-state index in [9.17, 15) is 14.9 Å². The molecule has 0 radical (unpaired) electrons. The highest BCUT2D eigenvalue weighted by molar-refractivity contribution is 7.98. The van der Waals surface area contributed by atoms with E-state index in [1.165, 1.54) is 24.8 Å². The fraction of sp³-hybridized carbons (Fsp3) is 0.167. The molecule has 0 aliphatic carbocycles. The van der Waals surface area contributed by atoms with Crippen molar-refractivity contribution in [3.8, 4) is 17.3 Å². The second-order valence-electron chi connectivity index (χ2n) is 6.91. The number of anilines is 2. The van der Waals surface area contributed by atoms with Crippen LogP contribution in [0.2, 0.25) is 0 Å². The van der Waals surface area contributed by atoms with Gasteiger partial charge in [-0.3, -0.25) is 9.78 Å². The Bertz CT molecular complexity index is 1270. The van der Waals surface area contributed by atoms with E-state index in [2.05, 4.69) is 26.3 Å². The molecule has 0 spiro atoms. The molecule has 3 N–H and O–H groups in total. The summed E-state index contributed by atoms with van der Waals surface area (Å²) in [5.74, 6) is -0.0689. The number of benzene rings is 1. The lowest BCUT2D eigenvalue weighted by molar-refractivity contribution is -0.137. The maximum absolute atomic E-state index is 11.5. The van der Waals surface area contributed by atoms with Crippen molar-refractivity contribution >= 4 is 41.2 Å². The van der Waals surface area contributed by atoms with Gasteiger partial charge in [0, 0.05) is 30.0 Å². The number of esters is 1. The number of ether oxygens (including phenoxy) is 1. The van der Waals surface area contributed by atoms with Crippen LogP contribution in [0.15, 0.2) is 53.7 Å². The number of nitrogens with two attached hydrogens (primary N) is 1. The van der Waals surface area contributed by atoms with Gasteiger partial charge in [-0.25, -0.2) is 14.8 Å². The van der Waals surface area contributed by atoms with Crippen molar-refractivity contribution in [1.82, 2.24) is 15.0 Å².